The lowest BCUT2D eigenvalue weighted by atomic mass is 10.1. The van der Waals surface area contributed by atoms with Gasteiger partial charge in [0.05, 0.1) is 11.7 Å². The van der Waals surface area contributed by atoms with E-state index >= 15 is 0 Å². The Labute approximate surface area is 191 Å². The third kappa shape index (κ3) is 4.40. The van der Waals surface area contributed by atoms with Crippen molar-refractivity contribution in [2.75, 3.05) is 5.32 Å². The Balaban J connectivity index is 1.41. The van der Waals surface area contributed by atoms with Crippen LogP contribution in [-0.2, 0) is 6.54 Å². The van der Waals surface area contributed by atoms with Gasteiger partial charge in [-0.1, -0.05) is 18.2 Å². The van der Waals surface area contributed by atoms with Crippen LogP contribution in [-0.4, -0.2) is 19.9 Å². The minimum Gasteiger partial charge on any atom is -0.455 e. The molecule has 0 radical (unpaired) electrons. The van der Waals surface area contributed by atoms with Gasteiger partial charge in [0.15, 0.2) is 5.82 Å². The monoisotopic (exact) mass is 436 g/mol. The Hall–Kier alpha value is -4.23. The fourth-order valence-corrected chi connectivity index (χ4v) is 3.68. The maximum Gasteiger partial charge on any atom is 0.158 e. The highest BCUT2D eigenvalue weighted by Gasteiger charge is 2.11. The molecule has 0 aliphatic rings. The van der Waals surface area contributed by atoms with Crippen molar-refractivity contribution in [3.05, 3.63) is 90.0 Å². The van der Waals surface area contributed by atoms with Crippen LogP contribution in [0.5, 0.6) is 11.5 Å². The standard InChI is InChI=1S/C26H24N6O/c1-16-10-20(7-9-24(16)33-21-8-6-17(2)28-14-21)31-26-25-23(29-15-30-26)12-22(32-25)19-5-3-4-18(11-19)13-27/h3-12,14-15,32H,13,27H2,1-2H3,(H,29,30,31). The fourth-order valence-electron chi connectivity index (χ4n) is 3.68. The van der Waals surface area contributed by atoms with E-state index < -0.39 is 0 Å². The molecule has 2 aromatic carbocycles. The molecule has 5 aromatic rings. The Morgan fingerprint density at radius 2 is 1.88 bits per heavy atom. The summed E-state index contributed by atoms with van der Waals surface area (Å²) < 4.78 is 5.98. The lowest BCUT2D eigenvalue weighted by Gasteiger charge is -2.12. The van der Waals surface area contributed by atoms with Crippen molar-refractivity contribution in [1.29, 1.82) is 0 Å². The van der Waals surface area contributed by atoms with Crippen molar-refractivity contribution in [2.45, 2.75) is 20.4 Å². The number of hydrogen-bond donors (Lipinski definition) is 3. The molecule has 0 spiro atoms. The molecule has 0 aliphatic carbocycles. The van der Waals surface area contributed by atoms with Crippen LogP contribution in [0, 0.1) is 13.8 Å². The summed E-state index contributed by atoms with van der Waals surface area (Å²) in [5.74, 6) is 2.19. The fraction of sp³-hybridized carbons (Fsp3) is 0.115. The maximum absolute atomic E-state index is 5.98. The van der Waals surface area contributed by atoms with Crippen LogP contribution in [0.1, 0.15) is 16.8 Å². The predicted octanol–water partition coefficient (Wildman–Crippen LogP) is 5.63. The van der Waals surface area contributed by atoms with Gasteiger partial charge in [0.2, 0.25) is 0 Å². The van der Waals surface area contributed by atoms with Gasteiger partial charge in [-0.2, -0.15) is 0 Å². The molecule has 164 valence electrons. The predicted molar refractivity (Wildman–Crippen MR) is 131 cm³/mol. The molecule has 5 rings (SSSR count). The molecule has 3 aromatic heterocycles. The molecule has 33 heavy (non-hydrogen) atoms. The number of hydrogen-bond acceptors (Lipinski definition) is 6. The van der Waals surface area contributed by atoms with Crippen LogP contribution in [0.4, 0.5) is 11.5 Å². The van der Waals surface area contributed by atoms with E-state index in [1.54, 1.807) is 12.5 Å². The number of benzene rings is 2. The first kappa shape index (κ1) is 20.7. The molecule has 4 N–H and O–H groups in total. The third-order valence-corrected chi connectivity index (χ3v) is 5.44. The number of aromatic amines is 1. The topological polar surface area (TPSA) is 102 Å². The molecule has 0 saturated carbocycles. The van der Waals surface area contributed by atoms with Crippen LogP contribution in [0.3, 0.4) is 0 Å². The minimum absolute atomic E-state index is 0.500. The van der Waals surface area contributed by atoms with Gasteiger partial charge in [0.1, 0.15) is 23.3 Å². The highest BCUT2D eigenvalue weighted by molar-refractivity contribution is 5.91. The van der Waals surface area contributed by atoms with Crippen molar-refractivity contribution in [1.82, 2.24) is 19.9 Å². The normalized spacial score (nSPS) is 11.0. The lowest BCUT2D eigenvalue weighted by molar-refractivity contribution is 0.476. The molecular formula is C26H24N6O. The maximum atomic E-state index is 5.98. The zero-order chi connectivity index (χ0) is 22.8. The number of fused-ring (bicyclic) bond motifs is 1. The van der Waals surface area contributed by atoms with E-state index in [1.807, 2.05) is 62.4 Å². The van der Waals surface area contributed by atoms with Crippen LogP contribution < -0.4 is 15.8 Å². The smallest absolute Gasteiger partial charge is 0.158 e. The Morgan fingerprint density at radius 3 is 2.67 bits per heavy atom. The molecule has 0 aliphatic heterocycles. The minimum atomic E-state index is 0.500. The van der Waals surface area contributed by atoms with E-state index in [0.717, 1.165) is 50.5 Å². The van der Waals surface area contributed by atoms with Gasteiger partial charge < -0.3 is 20.8 Å². The van der Waals surface area contributed by atoms with Crippen LogP contribution in [0.25, 0.3) is 22.3 Å². The number of nitrogens with one attached hydrogen (secondary N) is 2. The quantitative estimate of drug-likeness (QED) is 0.319. The molecule has 0 fully saturated rings. The second kappa shape index (κ2) is 8.72. The number of aromatic nitrogens is 4. The zero-order valence-corrected chi connectivity index (χ0v) is 18.5. The van der Waals surface area contributed by atoms with Gasteiger partial charge in [-0.15, -0.1) is 0 Å². The van der Waals surface area contributed by atoms with Gasteiger partial charge in [-0.05, 0) is 73.0 Å². The van der Waals surface area contributed by atoms with E-state index in [4.69, 9.17) is 10.5 Å². The molecule has 0 unspecified atom stereocenters. The van der Waals surface area contributed by atoms with Crippen molar-refractivity contribution in [3.8, 4) is 22.8 Å². The van der Waals surface area contributed by atoms with Crippen molar-refractivity contribution < 1.29 is 4.74 Å². The van der Waals surface area contributed by atoms with Crippen molar-refractivity contribution >= 4 is 22.5 Å². The Morgan fingerprint density at radius 1 is 0.970 bits per heavy atom. The second-order valence-corrected chi connectivity index (χ2v) is 7.91. The van der Waals surface area contributed by atoms with Crippen LogP contribution in [0.15, 0.2) is 73.2 Å². The number of aryl methyl sites for hydroxylation is 2. The van der Waals surface area contributed by atoms with Crippen LogP contribution >= 0.6 is 0 Å². The van der Waals surface area contributed by atoms with Gasteiger partial charge in [0.25, 0.3) is 0 Å². The van der Waals surface area contributed by atoms with E-state index in [2.05, 4.69) is 37.4 Å². The van der Waals surface area contributed by atoms with E-state index in [-0.39, 0.29) is 0 Å². The van der Waals surface area contributed by atoms with Gasteiger partial charge in [0, 0.05) is 23.6 Å². The van der Waals surface area contributed by atoms with E-state index in [9.17, 15) is 0 Å². The molecule has 7 heteroatoms. The molecule has 0 atom stereocenters. The summed E-state index contributed by atoms with van der Waals surface area (Å²) in [6.07, 6.45) is 3.29. The van der Waals surface area contributed by atoms with Gasteiger partial charge >= 0.3 is 0 Å². The summed E-state index contributed by atoms with van der Waals surface area (Å²) in [5.41, 5.74) is 13.4. The molecular weight excluding hydrogens is 412 g/mol. The highest BCUT2D eigenvalue weighted by Crippen LogP contribution is 2.31. The third-order valence-electron chi connectivity index (χ3n) is 5.44. The van der Waals surface area contributed by atoms with Crippen LogP contribution in [0.2, 0.25) is 0 Å². The summed E-state index contributed by atoms with van der Waals surface area (Å²) in [6, 6.07) is 20.0. The average molecular weight is 437 g/mol. The molecule has 0 saturated heterocycles. The second-order valence-electron chi connectivity index (χ2n) is 7.91. The first-order valence-electron chi connectivity index (χ1n) is 10.7. The van der Waals surface area contributed by atoms with Gasteiger partial charge in [-0.25, -0.2) is 9.97 Å². The number of rotatable bonds is 6. The summed E-state index contributed by atoms with van der Waals surface area (Å²) in [7, 11) is 0. The van der Waals surface area contributed by atoms with Crippen molar-refractivity contribution in [2.24, 2.45) is 5.73 Å². The summed E-state index contributed by atoms with van der Waals surface area (Å²) in [5, 5.41) is 3.40. The summed E-state index contributed by atoms with van der Waals surface area (Å²) >= 11 is 0. The van der Waals surface area contributed by atoms with E-state index in [0.29, 0.717) is 18.1 Å². The average Bonchev–Trinajstić information content (AvgIpc) is 3.28. The number of nitrogens with zero attached hydrogens (tertiary/aromatic N) is 3. The molecule has 7 nitrogen and oxygen atoms in total. The number of ether oxygens (including phenoxy) is 1. The Kier molecular flexibility index (Phi) is 5.46. The molecule has 0 bridgehead atoms. The lowest BCUT2D eigenvalue weighted by Crippen LogP contribution is -1.97. The van der Waals surface area contributed by atoms with Crippen molar-refractivity contribution in [3.63, 3.8) is 0 Å². The number of pyridine rings is 1. The number of H-pyrrole nitrogens is 1. The zero-order valence-electron chi connectivity index (χ0n) is 18.5. The number of nitrogens with two attached hydrogens (primary N) is 1. The largest absolute Gasteiger partial charge is 0.455 e. The summed E-state index contributed by atoms with van der Waals surface area (Å²) in [4.78, 5) is 16.6. The van der Waals surface area contributed by atoms with Gasteiger partial charge in [-0.3, -0.25) is 4.98 Å². The van der Waals surface area contributed by atoms with E-state index in [1.165, 1.54) is 0 Å². The first-order valence-corrected chi connectivity index (χ1v) is 10.7. The Bertz CT molecular complexity index is 1420. The summed E-state index contributed by atoms with van der Waals surface area (Å²) in [6.45, 7) is 4.46. The highest BCUT2D eigenvalue weighted by atomic mass is 16.5. The molecule has 0 amide bonds. The molecule has 3 heterocycles. The number of anilines is 2. The SMILES string of the molecule is Cc1ccc(Oc2ccc(Nc3ncnc4cc(-c5cccc(CN)c5)[nH]c34)cc2C)cn1. The first-order chi connectivity index (χ1) is 16.1.